The van der Waals surface area contributed by atoms with Crippen molar-refractivity contribution in [2.45, 2.75) is 38.6 Å². The number of carbonyl (C=O) groups is 1. The number of nitrogen functional groups attached to an aromatic ring is 1. The number of hydrogen-bond acceptors (Lipinski definition) is 2. The second-order valence-corrected chi connectivity index (χ2v) is 6.51. The molecule has 0 aromatic heterocycles. The predicted molar refractivity (Wildman–Crippen MR) is 84.4 cm³/mol. The number of rotatable bonds is 2. The fourth-order valence-corrected chi connectivity index (χ4v) is 3.32. The highest BCUT2D eigenvalue weighted by Crippen LogP contribution is 2.31. The number of anilines is 1. The number of nitrogens with two attached hydrogens (primary N) is 1. The van der Waals surface area contributed by atoms with E-state index in [1.807, 2.05) is 11.9 Å². The van der Waals surface area contributed by atoms with Gasteiger partial charge in [-0.05, 0) is 30.9 Å². The van der Waals surface area contributed by atoms with Gasteiger partial charge in [0.05, 0.1) is 15.7 Å². The minimum Gasteiger partial charge on any atom is -0.396 e. The van der Waals surface area contributed by atoms with Crippen molar-refractivity contribution in [2.24, 2.45) is 5.92 Å². The highest BCUT2D eigenvalue weighted by Gasteiger charge is 2.26. The summed E-state index contributed by atoms with van der Waals surface area (Å²) in [5.74, 6) is 0.621. The van der Waals surface area contributed by atoms with E-state index < -0.39 is 0 Å². The summed E-state index contributed by atoms with van der Waals surface area (Å²) in [6.45, 7) is 2.24. The van der Waals surface area contributed by atoms with Gasteiger partial charge in [-0.1, -0.05) is 43.0 Å². The Hall–Kier alpha value is -0.930. The van der Waals surface area contributed by atoms with Crippen molar-refractivity contribution in [3.63, 3.8) is 0 Å². The Morgan fingerprint density at radius 1 is 1.30 bits per heavy atom. The van der Waals surface area contributed by atoms with E-state index in [1.54, 1.807) is 12.1 Å². The summed E-state index contributed by atoms with van der Waals surface area (Å²) in [6.07, 6.45) is 4.53. The van der Waals surface area contributed by atoms with Crippen molar-refractivity contribution >= 4 is 34.8 Å². The first kappa shape index (κ1) is 15.5. The summed E-state index contributed by atoms with van der Waals surface area (Å²) in [6, 6.07) is 3.48. The smallest absolute Gasteiger partial charge is 0.253 e. The molecular weight excluding hydrogens is 295 g/mol. The molecule has 2 atom stereocenters. The topological polar surface area (TPSA) is 46.3 Å². The molecule has 0 radical (unpaired) electrons. The molecule has 0 bridgehead atoms. The number of halogens is 2. The number of benzene rings is 1. The van der Waals surface area contributed by atoms with Crippen LogP contribution in [0, 0.1) is 5.92 Å². The molecule has 0 heterocycles. The molecule has 1 aromatic rings. The van der Waals surface area contributed by atoms with Gasteiger partial charge in [-0.3, -0.25) is 4.79 Å². The van der Waals surface area contributed by atoms with Crippen LogP contribution in [-0.2, 0) is 0 Å². The lowest BCUT2D eigenvalue weighted by Gasteiger charge is -2.34. The Kier molecular flexibility index (Phi) is 4.82. The molecule has 2 N–H and O–H groups in total. The molecule has 0 spiro atoms. The fourth-order valence-electron chi connectivity index (χ4n) is 2.83. The van der Waals surface area contributed by atoms with Crippen LogP contribution in [0.3, 0.4) is 0 Å². The molecule has 0 saturated heterocycles. The molecule has 1 aromatic carbocycles. The van der Waals surface area contributed by atoms with Gasteiger partial charge in [-0.25, -0.2) is 0 Å². The lowest BCUT2D eigenvalue weighted by Crippen LogP contribution is -2.39. The quantitative estimate of drug-likeness (QED) is 0.830. The second-order valence-electron chi connectivity index (χ2n) is 5.70. The van der Waals surface area contributed by atoms with Crippen molar-refractivity contribution in [3.05, 3.63) is 27.7 Å². The number of carbonyl (C=O) groups excluding carboxylic acids is 1. The number of nitrogens with zero attached hydrogens (tertiary/aromatic N) is 1. The summed E-state index contributed by atoms with van der Waals surface area (Å²) in [5.41, 5.74) is 6.51. The molecular formula is C15H20Cl2N2O. The highest BCUT2D eigenvalue weighted by atomic mass is 35.5. The van der Waals surface area contributed by atoms with Crippen molar-refractivity contribution in [2.75, 3.05) is 12.8 Å². The van der Waals surface area contributed by atoms with E-state index in [-0.39, 0.29) is 5.91 Å². The number of amides is 1. The average Bonchev–Trinajstić information content (AvgIpc) is 2.42. The van der Waals surface area contributed by atoms with Crippen LogP contribution < -0.4 is 5.73 Å². The maximum atomic E-state index is 12.5. The van der Waals surface area contributed by atoms with E-state index in [2.05, 4.69) is 6.92 Å². The van der Waals surface area contributed by atoms with Gasteiger partial charge < -0.3 is 10.6 Å². The summed E-state index contributed by atoms with van der Waals surface area (Å²) < 4.78 is 0. The van der Waals surface area contributed by atoms with Gasteiger partial charge in [0.1, 0.15) is 0 Å². The second kappa shape index (κ2) is 6.23. The van der Waals surface area contributed by atoms with Crippen LogP contribution in [0.4, 0.5) is 5.69 Å². The molecule has 5 heteroatoms. The zero-order valence-corrected chi connectivity index (χ0v) is 13.3. The molecule has 2 unspecified atom stereocenters. The third kappa shape index (κ3) is 3.21. The molecule has 1 aliphatic carbocycles. The summed E-state index contributed by atoms with van der Waals surface area (Å²) >= 11 is 12.0. The first-order valence-corrected chi connectivity index (χ1v) is 7.67. The Bertz CT molecular complexity index is 496. The number of hydrogen-bond donors (Lipinski definition) is 1. The molecule has 2 rings (SSSR count). The fraction of sp³-hybridized carbons (Fsp3) is 0.533. The van der Waals surface area contributed by atoms with Crippen molar-refractivity contribution in [1.29, 1.82) is 0 Å². The third-order valence-corrected chi connectivity index (χ3v) is 4.73. The zero-order chi connectivity index (χ0) is 14.9. The van der Waals surface area contributed by atoms with Crippen LogP contribution >= 0.6 is 23.2 Å². The van der Waals surface area contributed by atoms with Crippen LogP contribution in [0.15, 0.2) is 12.1 Å². The van der Waals surface area contributed by atoms with Gasteiger partial charge in [-0.15, -0.1) is 0 Å². The van der Waals surface area contributed by atoms with Crippen LogP contribution in [0.25, 0.3) is 0 Å². The summed E-state index contributed by atoms with van der Waals surface area (Å²) in [7, 11) is 1.85. The minimum absolute atomic E-state index is 0.0482. The Labute approximate surface area is 130 Å². The lowest BCUT2D eigenvalue weighted by molar-refractivity contribution is 0.0672. The Morgan fingerprint density at radius 2 is 1.90 bits per heavy atom. The van der Waals surface area contributed by atoms with Gasteiger partial charge in [-0.2, -0.15) is 0 Å². The summed E-state index contributed by atoms with van der Waals surface area (Å²) in [4.78, 5) is 14.3. The Morgan fingerprint density at radius 3 is 2.45 bits per heavy atom. The van der Waals surface area contributed by atoms with Crippen LogP contribution in [0.1, 0.15) is 43.0 Å². The van der Waals surface area contributed by atoms with Crippen LogP contribution in [-0.4, -0.2) is 23.9 Å². The molecule has 1 amide bonds. The molecule has 0 aliphatic heterocycles. The van der Waals surface area contributed by atoms with Gasteiger partial charge in [0.25, 0.3) is 5.91 Å². The van der Waals surface area contributed by atoms with E-state index in [4.69, 9.17) is 28.9 Å². The maximum Gasteiger partial charge on any atom is 0.253 e. The average molecular weight is 315 g/mol. The van der Waals surface area contributed by atoms with Crippen molar-refractivity contribution < 1.29 is 4.79 Å². The summed E-state index contributed by atoms with van der Waals surface area (Å²) in [5, 5.41) is 0.650. The van der Waals surface area contributed by atoms with Crippen molar-refractivity contribution in [1.82, 2.24) is 4.90 Å². The third-order valence-electron chi connectivity index (χ3n) is 4.10. The lowest BCUT2D eigenvalue weighted by atomic mass is 9.86. The van der Waals surface area contributed by atoms with Gasteiger partial charge in [0.15, 0.2) is 0 Å². The van der Waals surface area contributed by atoms with E-state index in [9.17, 15) is 4.79 Å². The predicted octanol–water partition coefficient (Wildman–Crippen LogP) is 4.23. The zero-order valence-electron chi connectivity index (χ0n) is 11.8. The monoisotopic (exact) mass is 314 g/mol. The van der Waals surface area contributed by atoms with Crippen LogP contribution in [0.2, 0.25) is 10.0 Å². The van der Waals surface area contributed by atoms with Gasteiger partial charge in [0.2, 0.25) is 0 Å². The highest BCUT2D eigenvalue weighted by molar-refractivity contribution is 6.39. The molecule has 1 saturated carbocycles. The van der Waals surface area contributed by atoms with E-state index in [0.717, 1.165) is 12.8 Å². The first-order valence-electron chi connectivity index (χ1n) is 6.91. The molecule has 1 aliphatic rings. The van der Waals surface area contributed by atoms with Crippen molar-refractivity contribution in [3.8, 4) is 0 Å². The minimum atomic E-state index is -0.0482. The van der Waals surface area contributed by atoms with E-state index >= 15 is 0 Å². The standard InChI is InChI=1S/C15H20Cl2N2O/c1-9-4-3-5-11(6-9)19(2)15(20)10-7-12(16)14(18)13(17)8-10/h7-9,11H,3-6,18H2,1-2H3. The maximum absolute atomic E-state index is 12.5. The largest absolute Gasteiger partial charge is 0.396 e. The SMILES string of the molecule is CC1CCCC(N(C)C(=O)c2cc(Cl)c(N)c(Cl)c2)C1. The molecule has 110 valence electrons. The normalized spacial score (nSPS) is 22.6. The molecule has 3 nitrogen and oxygen atoms in total. The van der Waals surface area contributed by atoms with Crippen LogP contribution in [0.5, 0.6) is 0 Å². The Balaban J connectivity index is 2.18. The van der Waals surface area contributed by atoms with Gasteiger partial charge in [0, 0.05) is 18.7 Å². The molecule has 1 fully saturated rings. The van der Waals surface area contributed by atoms with E-state index in [1.165, 1.54) is 12.8 Å². The van der Waals surface area contributed by atoms with E-state index in [0.29, 0.717) is 33.3 Å². The first-order chi connectivity index (χ1) is 9.40. The molecule has 20 heavy (non-hydrogen) atoms. The van der Waals surface area contributed by atoms with Gasteiger partial charge >= 0.3 is 0 Å².